The summed E-state index contributed by atoms with van der Waals surface area (Å²) >= 11 is 0. The molecule has 1 aromatic heterocycles. The third kappa shape index (κ3) is 2.18. The van der Waals surface area contributed by atoms with E-state index in [-0.39, 0.29) is 5.78 Å². The minimum absolute atomic E-state index is 0.0746. The van der Waals surface area contributed by atoms with Gasteiger partial charge in [-0.2, -0.15) is 0 Å². The van der Waals surface area contributed by atoms with Gasteiger partial charge in [0.05, 0.1) is 5.69 Å². The van der Waals surface area contributed by atoms with E-state index in [1.165, 1.54) is 5.69 Å². The van der Waals surface area contributed by atoms with Crippen molar-refractivity contribution in [1.82, 2.24) is 4.98 Å². The number of carbonyl (C=O) groups excluding carboxylic acids is 1. The molecule has 1 heterocycles. The van der Waals surface area contributed by atoms with Crippen LogP contribution in [-0.4, -0.2) is 23.9 Å². The van der Waals surface area contributed by atoms with E-state index in [0.717, 1.165) is 24.0 Å². The number of aromatic nitrogens is 1. The molecule has 2 aromatic rings. The van der Waals surface area contributed by atoms with Crippen molar-refractivity contribution in [1.29, 1.82) is 0 Å². The number of nitrogens with one attached hydrogen (secondary N) is 1. The molecule has 0 unspecified atom stereocenters. The van der Waals surface area contributed by atoms with Crippen LogP contribution >= 0.6 is 0 Å². The van der Waals surface area contributed by atoms with Crippen LogP contribution in [0.2, 0.25) is 0 Å². The number of nitrogens with zero attached hydrogens (tertiary/aromatic N) is 1. The fourth-order valence-corrected chi connectivity index (χ4v) is 2.10. The van der Waals surface area contributed by atoms with Gasteiger partial charge in [-0.25, -0.2) is 0 Å². The first kappa shape index (κ1) is 11.7. The second-order valence-corrected chi connectivity index (χ2v) is 4.18. The normalized spacial score (nSPS) is 10.8. The van der Waals surface area contributed by atoms with E-state index in [1.54, 1.807) is 6.92 Å². The van der Waals surface area contributed by atoms with Crippen LogP contribution in [0.3, 0.4) is 0 Å². The molecule has 1 N–H and O–H groups in total. The summed E-state index contributed by atoms with van der Waals surface area (Å²) in [5.41, 5.74) is 2.90. The summed E-state index contributed by atoms with van der Waals surface area (Å²) in [4.78, 5) is 16.7. The van der Waals surface area contributed by atoms with Crippen molar-refractivity contribution in [3.63, 3.8) is 0 Å². The minimum atomic E-state index is 0.0746. The predicted octanol–water partition coefficient (Wildman–Crippen LogP) is 3.22. The van der Waals surface area contributed by atoms with Crippen molar-refractivity contribution in [2.75, 3.05) is 18.0 Å². The Morgan fingerprint density at radius 2 is 1.94 bits per heavy atom. The van der Waals surface area contributed by atoms with Gasteiger partial charge in [-0.05, 0) is 38.1 Å². The van der Waals surface area contributed by atoms with Crippen molar-refractivity contribution < 1.29 is 4.79 Å². The molecule has 0 bridgehead atoms. The summed E-state index contributed by atoms with van der Waals surface area (Å²) in [6.45, 7) is 7.85. The number of carbonyl (C=O) groups is 1. The number of ketones is 1. The Morgan fingerprint density at radius 3 is 2.53 bits per heavy atom. The average molecular weight is 230 g/mol. The molecule has 3 nitrogen and oxygen atoms in total. The summed E-state index contributed by atoms with van der Waals surface area (Å²) in [7, 11) is 0. The van der Waals surface area contributed by atoms with E-state index in [0.29, 0.717) is 5.69 Å². The quantitative estimate of drug-likeness (QED) is 0.819. The van der Waals surface area contributed by atoms with Crippen LogP contribution in [0.25, 0.3) is 10.9 Å². The Hall–Kier alpha value is -1.77. The number of rotatable bonds is 4. The number of hydrogen-bond donors (Lipinski definition) is 1. The van der Waals surface area contributed by atoms with Gasteiger partial charge in [-0.1, -0.05) is 0 Å². The van der Waals surface area contributed by atoms with Gasteiger partial charge in [0.2, 0.25) is 0 Å². The van der Waals surface area contributed by atoms with Crippen molar-refractivity contribution >= 4 is 22.4 Å². The highest BCUT2D eigenvalue weighted by Crippen LogP contribution is 2.23. The zero-order valence-corrected chi connectivity index (χ0v) is 10.6. The molecular weight excluding hydrogens is 212 g/mol. The summed E-state index contributed by atoms with van der Waals surface area (Å²) in [6, 6.07) is 8.18. The molecule has 17 heavy (non-hydrogen) atoms. The lowest BCUT2D eigenvalue weighted by Gasteiger charge is -2.20. The SMILES string of the molecule is CCN(CC)c1ccc2[nH]c(C(C)=O)cc2c1. The number of aromatic amines is 1. The zero-order chi connectivity index (χ0) is 12.4. The number of Topliss-reactive ketones (excluding diaryl/α,β-unsaturated/α-hetero) is 1. The molecule has 0 atom stereocenters. The molecule has 0 aliphatic carbocycles. The first-order valence-electron chi connectivity index (χ1n) is 6.04. The lowest BCUT2D eigenvalue weighted by atomic mass is 10.2. The van der Waals surface area contributed by atoms with Crippen LogP contribution < -0.4 is 4.90 Å². The highest BCUT2D eigenvalue weighted by atomic mass is 16.1. The van der Waals surface area contributed by atoms with E-state index in [4.69, 9.17) is 0 Å². The summed E-state index contributed by atoms with van der Waals surface area (Å²) in [5.74, 6) is 0.0746. The molecule has 0 spiro atoms. The molecule has 0 radical (unpaired) electrons. The van der Waals surface area contributed by atoms with E-state index in [1.807, 2.05) is 12.1 Å². The van der Waals surface area contributed by atoms with E-state index in [2.05, 4.69) is 35.9 Å². The van der Waals surface area contributed by atoms with E-state index >= 15 is 0 Å². The zero-order valence-electron chi connectivity index (χ0n) is 10.6. The molecule has 1 aromatic carbocycles. The Morgan fingerprint density at radius 1 is 1.24 bits per heavy atom. The molecule has 3 heteroatoms. The number of H-pyrrole nitrogens is 1. The maximum atomic E-state index is 11.3. The van der Waals surface area contributed by atoms with Crippen LogP contribution in [0, 0.1) is 0 Å². The Bertz CT molecular complexity index is 538. The predicted molar refractivity (Wildman–Crippen MR) is 71.9 cm³/mol. The molecule has 0 aliphatic heterocycles. The average Bonchev–Trinajstić information content (AvgIpc) is 2.74. The van der Waals surface area contributed by atoms with Crippen molar-refractivity contribution in [3.8, 4) is 0 Å². The van der Waals surface area contributed by atoms with Crippen LogP contribution in [-0.2, 0) is 0 Å². The van der Waals surface area contributed by atoms with E-state index in [9.17, 15) is 4.79 Å². The van der Waals surface area contributed by atoms with Crippen LogP contribution in [0.15, 0.2) is 24.3 Å². The Labute approximate surface area is 101 Å². The molecule has 90 valence electrons. The maximum absolute atomic E-state index is 11.3. The molecule has 2 rings (SSSR count). The number of fused-ring (bicyclic) bond motifs is 1. The topological polar surface area (TPSA) is 36.1 Å². The second kappa shape index (κ2) is 4.62. The smallest absolute Gasteiger partial charge is 0.175 e. The molecule has 0 fully saturated rings. The fraction of sp³-hybridized carbons (Fsp3) is 0.357. The van der Waals surface area contributed by atoms with E-state index < -0.39 is 0 Å². The van der Waals surface area contributed by atoms with Gasteiger partial charge >= 0.3 is 0 Å². The summed E-state index contributed by atoms with van der Waals surface area (Å²) in [5, 5.41) is 1.10. The van der Waals surface area contributed by atoms with Crippen LogP contribution in [0.5, 0.6) is 0 Å². The maximum Gasteiger partial charge on any atom is 0.175 e. The lowest BCUT2D eigenvalue weighted by Crippen LogP contribution is -2.21. The lowest BCUT2D eigenvalue weighted by molar-refractivity contribution is 0.101. The molecule has 0 aliphatic rings. The van der Waals surface area contributed by atoms with Crippen molar-refractivity contribution in [3.05, 3.63) is 30.0 Å². The van der Waals surface area contributed by atoms with Gasteiger partial charge in [-0.3, -0.25) is 4.79 Å². The van der Waals surface area contributed by atoms with Crippen molar-refractivity contribution in [2.24, 2.45) is 0 Å². The Balaban J connectivity index is 2.46. The van der Waals surface area contributed by atoms with Gasteiger partial charge in [0.1, 0.15) is 0 Å². The monoisotopic (exact) mass is 230 g/mol. The molecule has 0 saturated heterocycles. The molecule has 0 saturated carbocycles. The molecule has 0 amide bonds. The van der Waals surface area contributed by atoms with Gasteiger partial charge in [0, 0.05) is 36.6 Å². The third-order valence-electron chi connectivity index (χ3n) is 3.11. The van der Waals surface area contributed by atoms with Crippen LogP contribution in [0.1, 0.15) is 31.3 Å². The Kier molecular flexibility index (Phi) is 3.18. The minimum Gasteiger partial charge on any atom is -0.372 e. The van der Waals surface area contributed by atoms with Gasteiger partial charge in [0.25, 0.3) is 0 Å². The third-order valence-corrected chi connectivity index (χ3v) is 3.11. The molecular formula is C14H18N2O. The van der Waals surface area contributed by atoms with Gasteiger partial charge < -0.3 is 9.88 Å². The highest BCUT2D eigenvalue weighted by Gasteiger charge is 2.07. The number of hydrogen-bond acceptors (Lipinski definition) is 2. The first-order chi connectivity index (χ1) is 8.15. The van der Waals surface area contributed by atoms with Crippen LogP contribution in [0.4, 0.5) is 5.69 Å². The fourth-order valence-electron chi connectivity index (χ4n) is 2.10. The van der Waals surface area contributed by atoms with Gasteiger partial charge in [0.15, 0.2) is 5.78 Å². The second-order valence-electron chi connectivity index (χ2n) is 4.18. The number of anilines is 1. The standard InChI is InChI=1S/C14H18N2O/c1-4-16(5-2)12-6-7-13-11(8-12)9-14(15-13)10(3)17/h6-9,15H,4-5H2,1-3H3. The largest absolute Gasteiger partial charge is 0.372 e. The highest BCUT2D eigenvalue weighted by molar-refractivity contribution is 5.98. The first-order valence-corrected chi connectivity index (χ1v) is 6.04. The summed E-state index contributed by atoms with van der Waals surface area (Å²) in [6.07, 6.45) is 0. The van der Waals surface area contributed by atoms with Crippen molar-refractivity contribution in [2.45, 2.75) is 20.8 Å². The number of benzene rings is 1. The van der Waals surface area contributed by atoms with Gasteiger partial charge in [-0.15, -0.1) is 0 Å². The summed E-state index contributed by atoms with van der Waals surface area (Å²) < 4.78 is 0.